The van der Waals surface area contributed by atoms with Crippen LogP contribution in [-0.2, 0) is 19.6 Å². The number of carbonyl (C=O) groups excluding carboxylic acids is 2. The van der Waals surface area contributed by atoms with Gasteiger partial charge in [0.1, 0.15) is 0 Å². The third-order valence-electron chi connectivity index (χ3n) is 6.53. The van der Waals surface area contributed by atoms with E-state index in [1.165, 1.54) is 12.1 Å². The molecule has 8 heteroatoms. The van der Waals surface area contributed by atoms with Crippen molar-refractivity contribution in [1.82, 2.24) is 4.31 Å². The van der Waals surface area contributed by atoms with Crippen LogP contribution < -0.4 is 10.2 Å². The molecule has 2 fully saturated rings. The van der Waals surface area contributed by atoms with Crippen molar-refractivity contribution in [3.05, 3.63) is 53.6 Å². The van der Waals surface area contributed by atoms with Crippen molar-refractivity contribution in [2.24, 2.45) is 11.8 Å². The van der Waals surface area contributed by atoms with E-state index in [4.69, 9.17) is 0 Å². The average molecular weight is 470 g/mol. The van der Waals surface area contributed by atoms with Crippen LogP contribution >= 0.6 is 0 Å². The van der Waals surface area contributed by atoms with E-state index in [1.807, 2.05) is 32.0 Å². The van der Waals surface area contributed by atoms with Crippen molar-refractivity contribution in [2.45, 2.75) is 44.9 Å². The molecule has 0 spiro atoms. The Morgan fingerprint density at radius 2 is 1.79 bits per heavy atom. The van der Waals surface area contributed by atoms with E-state index in [1.54, 1.807) is 21.3 Å². The van der Waals surface area contributed by atoms with Crippen molar-refractivity contribution >= 4 is 33.2 Å². The molecule has 2 heterocycles. The molecule has 2 atom stereocenters. The number of carbonyl (C=O) groups is 2. The summed E-state index contributed by atoms with van der Waals surface area (Å²) in [6.07, 6.45) is 2.06. The van der Waals surface area contributed by atoms with Crippen LogP contribution in [0.4, 0.5) is 11.4 Å². The zero-order valence-corrected chi connectivity index (χ0v) is 20.2. The van der Waals surface area contributed by atoms with Gasteiger partial charge in [-0.25, -0.2) is 8.42 Å². The summed E-state index contributed by atoms with van der Waals surface area (Å²) < 4.78 is 27.4. The van der Waals surface area contributed by atoms with E-state index >= 15 is 0 Å². The fourth-order valence-corrected chi connectivity index (χ4v) is 6.19. The number of nitrogens with one attached hydrogen (secondary N) is 1. The van der Waals surface area contributed by atoms with E-state index in [9.17, 15) is 18.0 Å². The van der Waals surface area contributed by atoms with Crippen LogP contribution in [0.3, 0.4) is 0 Å². The molecule has 176 valence electrons. The Morgan fingerprint density at radius 1 is 1.06 bits per heavy atom. The number of hydrogen-bond acceptors (Lipinski definition) is 4. The van der Waals surface area contributed by atoms with Gasteiger partial charge in [-0.05, 0) is 74.1 Å². The summed E-state index contributed by atoms with van der Waals surface area (Å²) in [7, 11) is -3.54. The highest BCUT2D eigenvalue weighted by Crippen LogP contribution is 2.30. The first-order valence-corrected chi connectivity index (χ1v) is 12.9. The lowest BCUT2D eigenvalue weighted by Gasteiger charge is -2.30. The van der Waals surface area contributed by atoms with Gasteiger partial charge in [-0.2, -0.15) is 4.31 Å². The number of benzene rings is 2. The van der Waals surface area contributed by atoms with Crippen LogP contribution in [0.25, 0.3) is 0 Å². The van der Waals surface area contributed by atoms with Gasteiger partial charge >= 0.3 is 0 Å². The number of sulfonamides is 1. The quantitative estimate of drug-likeness (QED) is 0.723. The molecule has 0 bridgehead atoms. The van der Waals surface area contributed by atoms with Gasteiger partial charge in [-0.3, -0.25) is 9.59 Å². The van der Waals surface area contributed by atoms with Gasteiger partial charge in [0.25, 0.3) is 0 Å². The normalized spacial score (nSPS) is 21.9. The molecule has 2 aromatic rings. The number of hydrogen-bond donors (Lipinski definition) is 1. The van der Waals surface area contributed by atoms with Gasteiger partial charge < -0.3 is 10.2 Å². The maximum absolute atomic E-state index is 12.9. The molecule has 0 aliphatic carbocycles. The maximum atomic E-state index is 12.9. The molecule has 0 saturated carbocycles. The fraction of sp³-hybridized carbons (Fsp3) is 0.440. The summed E-state index contributed by atoms with van der Waals surface area (Å²) in [6, 6.07) is 12.2. The van der Waals surface area contributed by atoms with Crippen LogP contribution in [0.1, 0.15) is 37.3 Å². The highest BCUT2D eigenvalue weighted by atomic mass is 32.2. The first-order valence-electron chi connectivity index (χ1n) is 11.4. The minimum absolute atomic E-state index is 0.0685. The van der Waals surface area contributed by atoms with E-state index in [0.29, 0.717) is 31.2 Å². The molecule has 0 aromatic heterocycles. The van der Waals surface area contributed by atoms with E-state index in [2.05, 4.69) is 12.2 Å². The molecule has 2 amide bonds. The molecule has 2 aliphatic heterocycles. The van der Waals surface area contributed by atoms with Crippen molar-refractivity contribution < 1.29 is 18.0 Å². The Bertz CT molecular complexity index is 1160. The molecule has 7 nitrogen and oxygen atoms in total. The van der Waals surface area contributed by atoms with E-state index in [0.717, 1.165) is 29.7 Å². The molecule has 4 rings (SSSR count). The Balaban J connectivity index is 1.42. The highest BCUT2D eigenvalue weighted by molar-refractivity contribution is 7.89. The number of anilines is 2. The largest absolute Gasteiger partial charge is 0.326 e. The number of nitrogens with zero attached hydrogens (tertiary/aromatic N) is 2. The van der Waals surface area contributed by atoms with Gasteiger partial charge in [0.2, 0.25) is 21.8 Å². The second-order valence-electron chi connectivity index (χ2n) is 9.32. The van der Waals surface area contributed by atoms with Crippen LogP contribution in [0.2, 0.25) is 0 Å². The lowest BCUT2D eigenvalue weighted by molar-refractivity contribution is -0.122. The van der Waals surface area contributed by atoms with E-state index < -0.39 is 15.9 Å². The van der Waals surface area contributed by atoms with Crippen LogP contribution in [0.15, 0.2) is 47.4 Å². The molecule has 1 N–H and O–H groups in total. The molecular weight excluding hydrogens is 438 g/mol. The summed E-state index contributed by atoms with van der Waals surface area (Å²) in [5.41, 5.74) is 3.42. The predicted molar refractivity (Wildman–Crippen MR) is 129 cm³/mol. The van der Waals surface area contributed by atoms with Crippen molar-refractivity contribution in [3.63, 3.8) is 0 Å². The van der Waals surface area contributed by atoms with Gasteiger partial charge in [0.15, 0.2) is 0 Å². The molecule has 2 saturated heterocycles. The second-order valence-corrected chi connectivity index (χ2v) is 11.3. The van der Waals surface area contributed by atoms with Gasteiger partial charge in [-0.15, -0.1) is 0 Å². The molecular formula is C25H31N3O4S. The number of aryl methyl sites for hydroxylation is 2. The average Bonchev–Trinajstić information content (AvgIpc) is 3.17. The first-order chi connectivity index (χ1) is 15.6. The monoisotopic (exact) mass is 469 g/mol. The Labute approximate surface area is 195 Å². The molecule has 2 aliphatic rings. The van der Waals surface area contributed by atoms with Crippen molar-refractivity contribution in [3.8, 4) is 0 Å². The van der Waals surface area contributed by atoms with Gasteiger partial charge in [0, 0.05) is 37.4 Å². The zero-order chi connectivity index (χ0) is 23.8. The number of rotatable bonds is 5. The Hall–Kier alpha value is -2.71. The van der Waals surface area contributed by atoms with Crippen LogP contribution in [0.5, 0.6) is 0 Å². The third kappa shape index (κ3) is 4.96. The summed E-state index contributed by atoms with van der Waals surface area (Å²) in [6.45, 7) is 7.40. The minimum atomic E-state index is -3.54. The van der Waals surface area contributed by atoms with Crippen LogP contribution in [0, 0.1) is 25.7 Å². The number of amides is 2. The van der Waals surface area contributed by atoms with Gasteiger partial charge in [0.05, 0.1) is 10.8 Å². The zero-order valence-electron chi connectivity index (χ0n) is 19.4. The highest BCUT2D eigenvalue weighted by Gasteiger charge is 2.36. The topological polar surface area (TPSA) is 86.8 Å². The predicted octanol–water partition coefficient (Wildman–Crippen LogP) is 3.72. The Kier molecular flexibility index (Phi) is 6.59. The summed E-state index contributed by atoms with van der Waals surface area (Å²) >= 11 is 0. The third-order valence-corrected chi connectivity index (χ3v) is 8.41. The lowest BCUT2D eigenvalue weighted by atomic mass is 10.0. The van der Waals surface area contributed by atoms with Gasteiger partial charge in [-0.1, -0.05) is 19.1 Å². The molecule has 2 unspecified atom stereocenters. The summed E-state index contributed by atoms with van der Waals surface area (Å²) in [5.74, 6) is -0.419. The maximum Gasteiger partial charge on any atom is 0.243 e. The minimum Gasteiger partial charge on any atom is -0.326 e. The van der Waals surface area contributed by atoms with Crippen LogP contribution in [-0.4, -0.2) is 44.2 Å². The lowest BCUT2D eigenvalue weighted by Crippen LogP contribution is -2.39. The first kappa shape index (κ1) is 23.4. The van der Waals surface area contributed by atoms with Crippen molar-refractivity contribution in [2.75, 3.05) is 29.9 Å². The van der Waals surface area contributed by atoms with E-state index in [-0.39, 0.29) is 23.1 Å². The van der Waals surface area contributed by atoms with Crippen molar-refractivity contribution in [1.29, 1.82) is 0 Å². The summed E-state index contributed by atoms with van der Waals surface area (Å²) in [4.78, 5) is 27.4. The molecule has 2 aromatic carbocycles. The summed E-state index contributed by atoms with van der Waals surface area (Å²) in [5, 5.41) is 2.84. The Morgan fingerprint density at radius 3 is 2.48 bits per heavy atom. The SMILES string of the molecule is Cc1ccc(C)c(N2CC(C(=O)Nc3ccc(S(=O)(=O)N4CCCC(C)C4)cc3)CC2=O)c1. The molecule has 0 radical (unpaired) electrons. The smallest absolute Gasteiger partial charge is 0.243 e. The fourth-order valence-electron chi connectivity index (χ4n) is 4.59. The number of piperidine rings is 1. The molecule has 33 heavy (non-hydrogen) atoms. The standard InChI is InChI=1S/C25H31N3O4S/c1-17-6-7-19(3)23(13-17)28-16-20(14-24(28)29)25(30)26-21-8-10-22(11-9-21)33(31,32)27-12-4-5-18(2)15-27/h6-11,13,18,20H,4-5,12,14-16H2,1-3H3,(H,26,30). The second kappa shape index (κ2) is 9.27.